The van der Waals surface area contributed by atoms with Crippen LogP contribution in [0.4, 0.5) is 4.39 Å². The highest BCUT2D eigenvalue weighted by Gasteiger charge is 2.39. The van der Waals surface area contributed by atoms with E-state index in [0.29, 0.717) is 6.42 Å². The van der Waals surface area contributed by atoms with Crippen LogP contribution in [0.2, 0.25) is 0 Å². The number of likely N-dealkylation sites (tertiary alicyclic amines) is 1. The van der Waals surface area contributed by atoms with E-state index in [1.165, 1.54) is 18.6 Å². The SMILES string of the molecule is O=C(CCSCc1ccc(F)cc1)N1CCC[C@@]2(CCOC2)C1. The number of halogens is 1. The van der Waals surface area contributed by atoms with Gasteiger partial charge in [-0.05, 0) is 37.0 Å². The van der Waals surface area contributed by atoms with Crippen LogP contribution < -0.4 is 0 Å². The molecule has 0 aromatic heterocycles. The van der Waals surface area contributed by atoms with Crippen molar-refractivity contribution in [3.05, 3.63) is 35.6 Å². The molecule has 0 unspecified atom stereocenters. The highest BCUT2D eigenvalue weighted by molar-refractivity contribution is 7.98. The van der Waals surface area contributed by atoms with Crippen LogP contribution in [0.25, 0.3) is 0 Å². The van der Waals surface area contributed by atoms with Gasteiger partial charge in [0.2, 0.25) is 5.91 Å². The molecule has 126 valence electrons. The van der Waals surface area contributed by atoms with Gasteiger partial charge in [0.25, 0.3) is 0 Å². The van der Waals surface area contributed by atoms with E-state index in [1.54, 1.807) is 23.9 Å². The summed E-state index contributed by atoms with van der Waals surface area (Å²) in [6.07, 6.45) is 3.97. The van der Waals surface area contributed by atoms with Gasteiger partial charge in [-0.25, -0.2) is 4.39 Å². The first-order valence-electron chi connectivity index (χ1n) is 8.35. The second-order valence-corrected chi connectivity index (χ2v) is 7.76. The summed E-state index contributed by atoms with van der Waals surface area (Å²) in [6, 6.07) is 6.58. The van der Waals surface area contributed by atoms with E-state index in [2.05, 4.69) is 0 Å². The molecule has 2 saturated heterocycles. The average molecular weight is 337 g/mol. The molecule has 3 rings (SSSR count). The number of hydrogen-bond donors (Lipinski definition) is 0. The summed E-state index contributed by atoms with van der Waals surface area (Å²) >= 11 is 1.73. The number of carbonyl (C=O) groups excluding carboxylic acids is 1. The minimum atomic E-state index is -0.205. The van der Waals surface area contributed by atoms with Crippen LogP contribution in [0, 0.1) is 11.2 Å². The predicted molar refractivity (Wildman–Crippen MR) is 90.9 cm³/mol. The Kier molecular flexibility index (Phi) is 5.59. The number of thioether (sulfide) groups is 1. The Labute approximate surface area is 141 Å². The number of benzene rings is 1. The van der Waals surface area contributed by atoms with E-state index in [4.69, 9.17) is 4.74 Å². The number of nitrogens with zero attached hydrogens (tertiary/aromatic N) is 1. The van der Waals surface area contributed by atoms with Crippen LogP contribution >= 0.6 is 11.8 Å². The molecule has 2 aliphatic rings. The molecule has 2 fully saturated rings. The fraction of sp³-hybridized carbons (Fsp3) is 0.611. The number of hydrogen-bond acceptors (Lipinski definition) is 3. The molecule has 1 aromatic carbocycles. The van der Waals surface area contributed by atoms with Gasteiger partial charge in [0.05, 0.1) is 6.61 Å². The molecule has 0 aliphatic carbocycles. The van der Waals surface area contributed by atoms with Crippen molar-refractivity contribution in [3.63, 3.8) is 0 Å². The lowest BCUT2D eigenvalue weighted by atomic mass is 9.79. The van der Waals surface area contributed by atoms with Crippen molar-refractivity contribution in [2.45, 2.75) is 31.4 Å². The summed E-state index contributed by atoms with van der Waals surface area (Å²) in [5.74, 6) is 1.70. The Balaban J connectivity index is 1.39. The first-order chi connectivity index (χ1) is 11.2. The Morgan fingerprint density at radius 3 is 2.87 bits per heavy atom. The van der Waals surface area contributed by atoms with Crippen molar-refractivity contribution in [3.8, 4) is 0 Å². The van der Waals surface area contributed by atoms with Gasteiger partial charge in [0.15, 0.2) is 0 Å². The Morgan fingerprint density at radius 1 is 1.30 bits per heavy atom. The van der Waals surface area contributed by atoms with E-state index in [0.717, 1.165) is 56.2 Å². The Bertz CT molecular complexity index is 528. The molecule has 2 aliphatic heterocycles. The fourth-order valence-corrected chi connectivity index (χ4v) is 4.37. The minimum absolute atomic E-state index is 0.205. The summed E-state index contributed by atoms with van der Waals surface area (Å²) < 4.78 is 18.4. The molecule has 0 radical (unpaired) electrons. The zero-order valence-electron chi connectivity index (χ0n) is 13.4. The van der Waals surface area contributed by atoms with Crippen LogP contribution in [0.1, 0.15) is 31.2 Å². The molecule has 23 heavy (non-hydrogen) atoms. The van der Waals surface area contributed by atoms with E-state index >= 15 is 0 Å². The number of rotatable bonds is 5. The molecule has 0 saturated carbocycles. The molecular weight excluding hydrogens is 313 g/mol. The first-order valence-corrected chi connectivity index (χ1v) is 9.50. The van der Waals surface area contributed by atoms with Gasteiger partial charge in [-0.2, -0.15) is 11.8 Å². The van der Waals surface area contributed by atoms with Crippen LogP contribution in [0.5, 0.6) is 0 Å². The zero-order chi connectivity index (χ0) is 16.1. The quantitative estimate of drug-likeness (QED) is 0.771. The van der Waals surface area contributed by atoms with Gasteiger partial charge >= 0.3 is 0 Å². The first kappa shape index (κ1) is 16.8. The van der Waals surface area contributed by atoms with Gasteiger partial charge < -0.3 is 9.64 Å². The maximum atomic E-state index is 12.8. The van der Waals surface area contributed by atoms with E-state index in [9.17, 15) is 9.18 Å². The van der Waals surface area contributed by atoms with Crippen molar-refractivity contribution in [1.82, 2.24) is 4.90 Å². The Morgan fingerprint density at radius 2 is 2.13 bits per heavy atom. The zero-order valence-corrected chi connectivity index (χ0v) is 14.2. The number of carbonyl (C=O) groups is 1. The highest BCUT2D eigenvalue weighted by atomic mass is 32.2. The van der Waals surface area contributed by atoms with Crippen LogP contribution in [-0.4, -0.2) is 42.9 Å². The highest BCUT2D eigenvalue weighted by Crippen LogP contribution is 2.37. The lowest BCUT2D eigenvalue weighted by molar-refractivity contribution is -0.134. The summed E-state index contributed by atoms with van der Waals surface area (Å²) in [5, 5.41) is 0. The molecule has 0 N–H and O–H groups in total. The van der Waals surface area contributed by atoms with E-state index in [-0.39, 0.29) is 17.1 Å². The van der Waals surface area contributed by atoms with Gasteiger partial charge in [-0.3, -0.25) is 4.79 Å². The van der Waals surface area contributed by atoms with Crippen molar-refractivity contribution < 1.29 is 13.9 Å². The normalized spacial score (nSPS) is 24.3. The number of piperidine rings is 1. The summed E-state index contributed by atoms with van der Waals surface area (Å²) in [4.78, 5) is 14.5. The smallest absolute Gasteiger partial charge is 0.223 e. The maximum Gasteiger partial charge on any atom is 0.223 e. The van der Waals surface area contributed by atoms with Crippen molar-refractivity contribution >= 4 is 17.7 Å². The van der Waals surface area contributed by atoms with Crippen molar-refractivity contribution in [2.24, 2.45) is 5.41 Å². The number of amides is 1. The van der Waals surface area contributed by atoms with E-state index < -0.39 is 0 Å². The van der Waals surface area contributed by atoms with Gasteiger partial charge in [0, 0.05) is 43.0 Å². The van der Waals surface area contributed by atoms with Crippen LogP contribution in [0.3, 0.4) is 0 Å². The second kappa shape index (κ2) is 7.67. The lowest BCUT2D eigenvalue weighted by Crippen LogP contribution is -2.46. The molecule has 1 amide bonds. The molecule has 3 nitrogen and oxygen atoms in total. The average Bonchev–Trinajstić information content (AvgIpc) is 3.00. The van der Waals surface area contributed by atoms with Gasteiger partial charge in [-0.15, -0.1) is 0 Å². The third-order valence-electron chi connectivity index (χ3n) is 4.84. The largest absolute Gasteiger partial charge is 0.381 e. The minimum Gasteiger partial charge on any atom is -0.381 e. The van der Waals surface area contributed by atoms with Crippen molar-refractivity contribution in [1.29, 1.82) is 0 Å². The molecule has 1 atom stereocenters. The number of ether oxygens (including phenoxy) is 1. The maximum absolute atomic E-state index is 12.8. The Hall–Kier alpha value is -1.07. The summed E-state index contributed by atoms with van der Waals surface area (Å²) in [7, 11) is 0. The van der Waals surface area contributed by atoms with Gasteiger partial charge in [0.1, 0.15) is 5.82 Å². The summed E-state index contributed by atoms with van der Waals surface area (Å²) in [5.41, 5.74) is 1.33. The van der Waals surface area contributed by atoms with Crippen molar-refractivity contribution in [2.75, 3.05) is 32.1 Å². The molecular formula is C18H24FNO2S. The topological polar surface area (TPSA) is 29.5 Å². The standard InChI is InChI=1S/C18H24FNO2S/c19-16-4-2-15(3-5-16)12-23-11-6-17(21)20-9-1-7-18(13-20)8-10-22-14-18/h2-5H,1,6-14H2/t18-/m1/s1. The second-order valence-electron chi connectivity index (χ2n) is 6.65. The molecule has 2 heterocycles. The van der Waals surface area contributed by atoms with Crippen LogP contribution in [0.15, 0.2) is 24.3 Å². The van der Waals surface area contributed by atoms with Gasteiger partial charge in [-0.1, -0.05) is 12.1 Å². The molecule has 0 bridgehead atoms. The van der Waals surface area contributed by atoms with E-state index in [1.807, 2.05) is 4.90 Å². The lowest BCUT2D eigenvalue weighted by Gasteiger charge is -2.39. The summed E-state index contributed by atoms with van der Waals surface area (Å²) in [6.45, 7) is 3.42. The molecule has 1 aromatic rings. The fourth-order valence-electron chi connectivity index (χ4n) is 3.48. The van der Waals surface area contributed by atoms with Crippen LogP contribution in [-0.2, 0) is 15.3 Å². The predicted octanol–water partition coefficient (Wildman–Crippen LogP) is 3.48. The molecule has 5 heteroatoms. The third kappa shape index (κ3) is 4.48. The monoisotopic (exact) mass is 337 g/mol. The third-order valence-corrected chi connectivity index (χ3v) is 5.87. The molecule has 1 spiro atoms.